The molecule has 0 saturated heterocycles. The van der Waals surface area contributed by atoms with E-state index in [9.17, 15) is 9.59 Å². The van der Waals surface area contributed by atoms with E-state index in [1.807, 2.05) is 37.3 Å². The first-order valence-corrected chi connectivity index (χ1v) is 8.29. The van der Waals surface area contributed by atoms with Gasteiger partial charge >= 0.3 is 0 Å². The normalized spacial score (nSPS) is 10.1. The lowest BCUT2D eigenvalue weighted by Gasteiger charge is -2.11. The van der Waals surface area contributed by atoms with Crippen LogP contribution in [0.15, 0.2) is 71.7 Å². The van der Waals surface area contributed by atoms with Crippen LogP contribution in [0.25, 0.3) is 0 Å². The molecule has 0 fully saturated rings. The van der Waals surface area contributed by atoms with Gasteiger partial charge in [-0.25, -0.2) is 0 Å². The van der Waals surface area contributed by atoms with E-state index in [0.717, 1.165) is 15.9 Å². The van der Waals surface area contributed by atoms with Crippen LogP contribution in [0, 0.1) is 18.3 Å². The zero-order chi connectivity index (χ0) is 19.2. The largest absolute Gasteiger partial charge is 0.406 e. The van der Waals surface area contributed by atoms with Crippen molar-refractivity contribution < 1.29 is 9.63 Å². The Hall–Kier alpha value is -3.85. The standard InChI is InChI=1S/C21H17N3O3/c1-15-8-10-16(11-9-15)14-27-24-12-4-6-18(21(24)26)20(25)23-19-7-3-2-5-17(19)13-22/h2-12H,14H2,1H3,(H,23,25). The highest BCUT2D eigenvalue weighted by molar-refractivity contribution is 6.04. The lowest BCUT2D eigenvalue weighted by Crippen LogP contribution is -2.32. The van der Waals surface area contributed by atoms with Gasteiger partial charge in [-0.1, -0.05) is 42.0 Å². The molecular formula is C21H17N3O3. The number of nitriles is 1. The molecule has 1 N–H and O–H groups in total. The van der Waals surface area contributed by atoms with Gasteiger partial charge in [-0.2, -0.15) is 9.99 Å². The minimum Gasteiger partial charge on any atom is -0.406 e. The van der Waals surface area contributed by atoms with E-state index in [-0.39, 0.29) is 12.2 Å². The summed E-state index contributed by atoms with van der Waals surface area (Å²) in [5.74, 6) is -0.601. The number of carbonyl (C=O) groups is 1. The van der Waals surface area contributed by atoms with Gasteiger partial charge in [0.1, 0.15) is 18.2 Å². The fraction of sp³-hybridized carbons (Fsp3) is 0.0952. The highest BCUT2D eigenvalue weighted by Gasteiger charge is 2.14. The number of nitrogens with one attached hydrogen (secondary N) is 1. The van der Waals surface area contributed by atoms with E-state index in [4.69, 9.17) is 10.1 Å². The van der Waals surface area contributed by atoms with Crippen molar-refractivity contribution in [3.8, 4) is 6.07 Å². The second-order valence-electron chi connectivity index (χ2n) is 5.92. The Morgan fingerprint density at radius 1 is 1.11 bits per heavy atom. The van der Waals surface area contributed by atoms with Crippen LogP contribution in [-0.4, -0.2) is 10.6 Å². The highest BCUT2D eigenvalue weighted by Crippen LogP contribution is 2.14. The average molecular weight is 359 g/mol. The molecule has 3 rings (SSSR count). The van der Waals surface area contributed by atoms with E-state index >= 15 is 0 Å². The summed E-state index contributed by atoms with van der Waals surface area (Å²) in [5, 5.41) is 11.7. The second-order valence-corrected chi connectivity index (χ2v) is 5.92. The third-order valence-electron chi connectivity index (χ3n) is 3.95. The zero-order valence-electron chi connectivity index (χ0n) is 14.7. The first-order valence-electron chi connectivity index (χ1n) is 8.29. The van der Waals surface area contributed by atoms with Crippen LogP contribution in [-0.2, 0) is 6.61 Å². The van der Waals surface area contributed by atoms with Crippen molar-refractivity contribution in [1.29, 1.82) is 5.26 Å². The van der Waals surface area contributed by atoms with Crippen molar-refractivity contribution in [3.05, 3.63) is 99.5 Å². The minimum atomic E-state index is -0.601. The van der Waals surface area contributed by atoms with Crippen LogP contribution < -0.4 is 15.7 Å². The number of aromatic nitrogens is 1. The minimum absolute atomic E-state index is 0.0749. The molecular weight excluding hydrogens is 342 g/mol. The SMILES string of the molecule is Cc1ccc(COn2cccc(C(=O)Nc3ccccc3C#N)c2=O)cc1. The van der Waals surface area contributed by atoms with Crippen molar-refractivity contribution in [3.63, 3.8) is 0 Å². The number of hydrogen-bond acceptors (Lipinski definition) is 4. The number of anilines is 1. The summed E-state index contributed by atoms with van der Waals surface area (Å²) in [4.78, 5) is 30.5. The molecule has 0 bridgehead atoms. The van der Waals surface area contributed by atoms with E-state index in [1.165, 1.54) is 12.3 Å². The molecule has 0 spiro atoms. The number of rotatable bonds is 5. The molecule has 0 aliphatic heterocycles. The molecule has 3 aromatic rings. The predicted molar refractivity (Wildman–Crippen MR) is 101 cm³/mol. The van der Waals surface area contributed by atoms with E-state index in [0.29, 0.717) is 11.3 Å². The monoisotopic (exact) mass is 359 g/mol. The van der Waals surface area contributed by atoms with E-state index in [1.54, 1.807) is 30.3 Å². The summed E-state index contributed by atoms with van der Waals surface area (Å²) in [7, 11) is 0. The molecule has 0 unspecified atom stereocenters. The fourth-order valence-corrected chi connectivity index (χ4v) is 2.46. The maximum atomic E-state index is 12.5. The van der Waals surface area contributed by atoms with Crippen molar-refractivity contribution in [1.82, 2.24) is 4.73 Å². The lowest BCUT2D eigenvalue weighted by atomic mass is 10.2. The maximum Gasteiger partial charge on any atom is 0.295 e. The first kappa shape index (κ1) is 18.0. The molecule has 0 radical (unpaired) electrons. The smallest absolute Gasteiger partial charge is 0.295 e. The van der Waals surface area contributed by atoms with Gasteiger partial charge in [-0.05, 0) is 36.8 Å². The number of aryl methyl sites for hydroxylation is 1. The Balaban J connectivity index is 1.78. The molecule has 6 heteroatoms. The van der Waals surface area contributed by atoms with Gasteiger partial charge in [0.05, 0.1) is 11.3 Å². The Bertz CT molecular complexity index is 1060. The van der Waals surface area contributed by atoms with E-state index < -0.39 is 11.5 Å². The predicted octanol–water partition coefficient (Wildman–Crippen LogP) is 2.91. The average Bonchev–Trinajstić information content (AvgIpc) is 2.69. The van der Waals surface area contributed by atoms with Gasteiger partial charge in [-0.3, -0.25) is 9.59 Å². The molecule has 2 aromatic carbocycles. The topological polar surface area (TPSA) is 84.1 Å². The highest BCUT2D eigenvalue weighted by atomic mass is 16.7. The summed E-state index contributed by atoms with van der Waals surface area (Å²) in [5.41, 5.74) is 2.06. The molecule has 0 atom stereocenters. The summed E-state index contributed by atoms with van der Waals surface area (Å²) in [6.07, 6.45) is 1.45. The molecule has 0 saturated carbocycles. The molecule has 1 heterocycles. The summed E-state index contributed by atoms with van der Waals surface area (Å²) in [6, 6.07) is 19.3. The van der Waals surface area contributed by atoms with Crippen LogP contribution in [0.4, 0.5) is 5.69 Å². The Morgan fingerprint density at radius 3 is 2.59 bits per heavy atom. The third-order valence-corrected chi connectivity index (χ3v) is 3.95. The maximum absolute atomic E-state index is 12.5. The van der Waals surface area contributed by atoms with Crippen molar-refractivity contribution >= 4 is 11.6 Å². The number of para-hydroxylation sites is 1. The van der Waals surface area contributed by atoms with Gasteiger partial charge in [0.25, 0.3) is 11.5 Å². The molecule has 1 aromatic heterocycles. The van der Waals surface area contributed by atoms with Crippen LogP contribution in [0.1, 0.15) is 27.0 Å². The molecule has 0 aliphatic rings. The summed E-state index contributed by atoms with van der Waals surface area (Å²) >= 11 is 0. The van der Waals surface area contributed by atoms with Crippen LogP contribution >= 0.6 is 0 Å². The number of amides is 1. The third kappa shape index (κ3) is 4.22. The van der Waals surface area contributed by atoms with Crippen molar-refractivity contribution in [2.24, 2.45) is 0 Å². The Morgan fingerprint density at radius 2 is 1.85 bits per heavy atom. The second kappa shape index (κ2) is 8.02. The molecule has 1 amide bonds. The number of hydrogen-bond donors (Lipinski definition) is 1. The van der Waals surface area contributed by atoms with Gasteiger partial charge in [0, 0.05) is 6.20 Å². The Labute approximate surface area is 156 Å². The quantitative estimate of drug-likeness (QED) is 0.759. The summed E-state index contributed by atoms with van der Waals surface area (Å²) in [6.45, 7) is 2.18. The van der Waals surface area contributed by atoms with Gasteiger partial charge < -0.3 is 10.2 Å². The summed E-state index contributed by atoms with van der Waals surface area (Å²) < 4.78 is 1.03. The molecule has 6 nitrogen and oxygen atoms in total. The first-order chi connectivity index (χ1) is 13.1. The molecule has 27 heavy (non-hydrogen) atoms. The molecule has 0 aliphatic carbocycles. The number of benzene rings is 2. The Kier molecular flexibility index (Phi) is 5.33. The number of nitrogens with zero attached hydrogens (tertiary/aromatic N) is 2. The van der Waals surface area contributed by atoms with Crippen LogP contribution in [0.3, 0.4) is 0 Å². The van der Waals surface area contributed by atoms with Gasteiger partial charge in [0.15, 0.2) is 0 Å². The fourth-order valence-electron chi connectivity index (χ4n) is 2.46. The zero-order valence-corrected chi connectivity index (χ0v) is 14.7. The van der Waals surface area contributed by atoms with Crippen LogP contribution in [0.5, 0.6) is 0 Å². The van der Waals surface area contributed by atoms with Gasteiger partial charge in [0.2, 0.25) is 0 Å². The van der Waals surface area contributed by atoms with Gasteiger partial charge in [-0.15, -0.1) is 0 Å². The molecule has 134 valence electrons. The van der Waals surface area contributed by atoms with Crippen molar-refractivity contribution in [2.45, 2.75) is 13.5 Å². The number of carbonyl (C=O) groups excluding carboxylic acids is 1. The van der Waals surface area contributed by atoms with Crippen LogP contribution in [0.2, 0.25) is 0 Å². The lowest BCUT2D eigenvalue weighted by molar-refractivity contribution is 0.0863. The van der Waals surface area contributed by atoms with E-state index in [2.05, 4.69) is 5.32 Å². The number of pyridine rings is 1. The van der Waals surface area contributed by atoms with Crippen molar-refractivity contribution in [2.75, 3.05) is 5.32 Å².